The van der Waals surface area contributed by atoms with Gasteiger partial charge in [-0.05, 0) is 96.7 Å². The van der Waals surface area contributed by atoms with E-state index in [1.807, 2.05) is 44.2 Å². The van der Waals surface area contributed by atoms with E-state index in [0.717, 1.165) is 11.1 Å². The van der Waals surface area contributed by atoms with Crippen LogP contribution in [0.2, 0.25) is 0 Å². The van der Waals surface area contributed by atoms with Gasteiger partial charge in [0.25, 0.3) is 15.9 Å². The summed E-state index contributed by atoms with van der Waals surface area (Å²) in [6.45, 7) is 9.99. The summed E-state index contributed by atoms with van der Waals surface area (Å²) in [6, 6.07) is 19.2. The number of sulfonamides is 1. The topological polar surface area (TPSA) is 96.5 Å². The molecule has 0 saturated carbocycles. The number of carbonyl (C=O) groups excluding carboxylic acids is 1. The molecular formula is C27H31N3O4S2. The second-order valence-corrected chi connectivity index (χ2v) is 11.7. The second-order valence-electron chi connectivity index (χ2n) is 9.57. The summed E-state index contributed by atoms with van der Waals surface area (Å²) in [6.07, 6.45) is 0. The normalized spacial score (nSPS) is 11.5. The van der Waals surface area contributed by atoms with Gasteiger partial charge in [-0.2, -0.15) is 0 Å². The van der Waals surface area contributed by atoms with E-state index in [-0.39, 0.29) is 22.0 Å². The Morgan fingerprint density at radius 2 is 1.47 bits per heavy atom. The van der Waals surface area contributed by atoms with Crippen LogP contribution in [-0.2, 0) is 20.2 Å². The van der Waals surface area contributed by atoms with Crippen LogP contribution in [0.5, 0.6) is 5.75 Å². The van der Waals surface area contributed by atoms with Crippen molar-refractivity contribution >= 4 is 44.6 Å². The Kier molecular flexibility index (Phi) is 8.37. The van der Waals surface area contributed by atoms with Gasteiger partial charge in [-0.15, -0.1) is 0 Å². The average Bonchev–Trinajstić information content (AvgIpc) is 2.76. The molecule has 1 amide bonds. The molecule has 3 N–H and O–H groups in total. The van der Waals surface area contributed by atoms with Crippen LogP contribution in [0.25, 0.3) is 0 Å². The van der Waals surface area contributed by atoms with E-state index in [0.29, 0.717) is 17.1 Å². The van der Waals surface area contributed by atoms with Gasteiger partial charge in [-0.3, -0.25) is 14.8 Å². The van der Waals surface area contributed by atoms with E-state index >= 15 is 0 Å². The minimum atomic E-state index is -3.75. The number of aryl methyl sites for hydroxylation is 2. The molecule has 3 aromatic rings. The van der Waals surface area contributed by atoms with E-state index in [1.54, 1.807) is 24.3 Å². The van der Waals surface area contributed by atoms with Crippen LogP contribution in [-0.4, -0.2) is 26.0 Å². The molecule has 0 spiro atoms. The van der Waals surface area contributed by atoms with Gasteiger partial charge in [0.2, 0.25) is 0 Å². The van der Waals surface area contributed by atoms with Crippen molar-refractivity contribution in [2.24, 2.45) is 0 Å². The van der Waals surface area contributed by atoms with Gasteiger partial charge in [-0.25, -0.2) is 8.42 Å². The summed E-state index contributed by atoms with van der Waals surface area (Å²) in [5, 5.41) is 5.49. The first-order valence-corrected chi connectivity index (χ1v) is 13.3. The first kappa shape index (κ1) is 27.2. The van der Waals surface area contributed by atoms with Crippen LogP contribution >= 0.6 is 12.2 Å². The van der Waals surface area contributed by atoms with Gasteiger partial charge in [-0.1, -0.05) is 39.0 Å². The fourth-order valence-electron chi connectivity index (χ4n) is 3.49. The maximum atomic E-state index is 12.7. The Bertz CT molecular complexity index is 1330. The van der Waals surface area contributed by atoms with E-state index in [1.165, 1.54) is 17.7 Å². The maximum Gasteiger partial charge on any atom is 0.264 e. The number of benzene rings is 3. The van der Waals surface area contributed by atoms with Crippen molar-refractivity contribution in [3.63, 3.8) is 0 Å². The average molecular weight is 526 g/mol. The lowest BCUT2D eigenvalue weighted by Crippen LogP contribution is -2.37. The fourth-order valence-corrected chi connectivity index (χ4v) is 4.76. The van der Waals surface area contributed by atoms with E-state index in [2.05, 4.69) is 36.1 Å². The van der Waals surface area contributed by atoms with Crippen molar-refractivity contribution in [1.82, 2.24) is 5.32 Å². The zero-order chi connectivity index (χ0) is 26.5. The Morgan fingerprint density at radius 1 is 0.889 bits per heavy atom. The molecule has 3 rings (SSSR count). The van der Waals surface area contributed by atoms with Gasteiger partial charge in [0.15, 0.2) is 11.7 Å². The largest absolute Gasteiger partial charge is 0.484 e. The molecule has 7 nitrogen and oxygen atoms in total. The lowest BCUT2D eigenvalue weighted by atomic mass is 9.87. The van der Waals surface area contributed by atoms with Crippen LogP contribution < -0.4 is 20.1 Å². The maximum absolute atomic E-state index is 12.7. The first-order chi connectivity index (χ1) is 16.8. The van der Waals surface area contributed by atoms with Crippen molar-refractivity contribution in [3.05, 3.63) is 83.4 Å². The standard InChI is InChI=1S/C27H31N3O4S2/c1-18-14-19(2)16-22(15-18)30-36(32,33)24-12-8-21(9-13-24)28-26(35)29-25(31)17-34-23-10-6-20(7-11-23)27(3,4)5/h6-16,30H,17H2,1-5H3,(H2,28,29,31,35). The Labute approximate surface area is 218 Å². The number of hydrogen-bond donors (Lipinski definition) is 3. The second kappa shape index (κ2) is 11.1. The summed E-state index contributed by atoms with van der Waals surface area (Å²) in [5.41, 5.74) is 4.17. The third-order valence-electron chi connectivity index (χ3n) is 5.24. The van der Waals surface area contributed by atoms with Crippen molar-refractivity contribution in [2.45, 2.75) is 44.9 Å². The third-order valence-corrected chi connectivity index (χ3v) is 6.84. The number of anilines is 2. The van der Waals surface area contributed by atoms with E-state index in [9.17, 15) is 13.2 Å². The highest BCUT2D eigenvalue weighted by molar-refractivity contribution is 7.92. The molecule has 190 valence electrons. The molecule has 0 saturated heterocycles. The van der Waals surface area contributed by atoms with Crippen LogP contribution in [0, 0.1) is 13.8 Å². The molecule has 0 fully saturated rings. The Balaban J connectivity index is 1.51. The molecule has 0 aliphatic heterocycles. The molecule has 0 bridgehead atoms. The monoisotopic (exact) mass is 525 g/mol. The molecule has 36 heavy (non-hydrogen) atoms. The summed E-state index contributed by atoms with van der Waals surface area (Å²) in [4.78, 5) is 12.3. The number of carbonyl (C=O) groups is 1. The molecule has 0 radical (unpaired) electrons. The highest BCUT2D eigenvalue weighted by atomic mass is 32.2. The summed E-state index contributed by atoms with van der Waals surface area (Å²) in [7, 11) is -3.75. The smallest absolute Gasteiger partial charge is 0.264 e. The number of thiocarbonyl (C=S) groups is 1. The van der Waals surface area contributed by atoms with E-state index in [4.69, 9.17) is 17.0 Å². The summed E-state index contributed by atoms with van der Waals surface area (Å²) in [5.74, 6) is 0.174. The van der Waals surface area contributed by atoms with Gasteiger partial charge < -0.3 is 10.1 Å². The molecular weight excluding hydrogens is 494 g/mol. The molecule has 0 aromatic heterocycles. The lowest BCUT2D eigenvalue weighted by molar-refractivity contribution is -0.121. The number of rotatable bonds is 7. The highest BCUT2D eigenvalue weighted by Crippen LogP contribution is 2.24. The van der Waals surface area contributed by atoms with Crippen LogP contribution in [0.3, 0.4) is 0 Å². The van der Waals surface area contributed by atoms with Crippen molar-refractivity contribution in [3.8, 4) is 5.75 Å². The van der Waals surface area contributed by atoms with Crippen molar-refractivity contribution in [2.75, 3.05) is 16.6 Å². The number of nitrogens with one attached hydrogen (secondary N) is 3. The first-order valence-electron chi connectivity index (χ1n) is 11.4. The zero-order valence-corrected chi connectivity index (χ0v) is 22.6. The Hall–Kier alpha value is -3.43. The predicted octanol–water partition coefficient (Wildman–Crippen LogP) is 5.29. The quantitative estimate of drug-likeness (QED) is 0.363. The molecule has 0 unspecified atom stereocenters. The van der Waals surface area contributed by atoms with Gasteiger partial charge in [0, 0.05) is 11.4 Å². The summed E-state index contributed by atoms with van der Waals surface area (Å²) < 4.78 is 33.6. The molecule has 9 heteroatoms. The van der Waals surface area contributed by atoms with Crippen LogP contribution in [0.15, 0.2) is 71.6 Å². The number of hydrogen-bond acceptors (Lipinski definition) is 5. The van der Waals surface area contributed by atoms with Gasteiger partial charge >= 0.3 is 0 Å². The number of ether oxygens (including phenoxy) is 1. The third kappa shape index (κ3) is 7.79. The molecule has 0 atom stereocenters. The zero-order valence-electron chi connectivity index (χ0n) is 21.0. The minimum absolute atomic E-state index is 0.0345. The van der Waals surface area contributed by atoms with Crippen LogP contribution in [0.1, 0.15) is 37.5 Å². The molecule has 0 heterocycles. The van der Waals surface area contributed by atoms with Crippen molar-refractivity contribution < 1.29 is 17.9 Å². The lowest BCUT2D eigenvalue weighted by Gasteiger charge is -2.19. The molecule has 0 aliphatic carbocycles. The molecule has 3 aromatic carbocycles. The SMILES string of the molecule is Cc1cc(C)cc(NS(=O)(=O)c2ccc(NC(=S)NC(=O)COc3ccc(C(C)(C)C)cc3)cc2)c1. The minimum Gasteiger partial charge on any atom is -0.484 e. The van der Waals surface area contributed by atoms with E-state index < -0.39 is 15.9 Å². The number of amides is 1. The predicted molar refractivity (Wildman–Crippen MR) is 148 cm³/mol. The highest BCUT2D eigenvalue weighted by Gasteiger charge is 2.15. The Morgan fingerprint density at radius 3 is 2.03 bits per heavy atom. The van der Waals surface area contributed by atoms with Gasteiger partial charge in [0.1, 0.15) is 5.75 Å². The van der Waals surface area contributed by atoms with Crippen molar-refractivity contribution in [1.29, 1.82) is 0 Å². The van der Waals surface area contributed by atoms with Gasteiger partial charge in [0.05, 0.1) is 4.90 Å². The summed E-state index contributed by atoms with van der Waals surface area (Å²) >= 11 is 5.19. The fraction of sp³-hybridized carbons (Fsp3) is 0.259. The van der Waals surface area contributed by atoms with Crippen LogP contribution in [0.4, 0.5) is 11.4 Å². The molecule has 0 aliphatic rings.